The Kier molecular flexibility index (Phi) is 10.6. The third-order valence-electron chi connectivity index (χ3n) is 6.55. The third kappa shape index (κ3) is 9.31. The summed E-state index contributed by atoms with van der Waals surface area (Å²) in [6.07, 6.45) is 6.31. The number of pyridine rings is 1. The molecule has 0 spiro atoms. The number of amides is 2. The molecular weight excluding hydrogens is 520 g/mol. The number of H-pyrrole nitrogens is 1. The Labute approximate surface area is 238 Å². The second-order valence-corrected chi connectivity index (χ2v) is 9.65. The van der Waals surface area contributed by atoms with Gasteiger partial charge in [-0.15, -0.1) is 0 Å². The molecule has 1 unspecified atom stereocenters. The van der Waals surface area contributed by atoms with Crippen LogP contribution in [0.15, 0.2) is 91.5 Å². The zero-order valence-corrected chi connectivity index (χ0v) is 22.6. The summed E-state index contributed by atoms with van der Waals surface area (Å²) in [5.74, 6) is -0.998. The summed E-state index contributed by atoms with van der Waals surface area (Å²) in [6, 6.07) is 21.2. The van der Waals surface area contributed by atoms with E-state index >= 15 is 0 Å². The van der Waals surface area contributed by atoms with Gasteiger partial charge in [-0.05, 0) is 41.7 Å². The monoisotopic (exact) mass is 554 g/mol. The Hall–Kier alpha value is -4.99. The highest BCUT2D eigenvalue weighted by atomic mass is 16.4. The van der Waals surface area contributed by atoms with Gasteiger partial charge in [-0.1, -0.05) is 60.7 Å². The van der Waals surface area contributed by atoms with E-state index in [1.807, 2.05) is 72.8 Å². The van der Waals surface area contributed by atoms with Crippen LogP contribution in [0.5, 0.6) is 0 Å². The fourth-order valence-corrected chi connectivity index (χ4v) is 4.42. The second-order valence-electron chi connectivity index (χ2n) is 9.65. The van der Waals surface area contributed by atoms with E-state index in [-0.39, 0.29) is 25.2 Å². The van der Waals surface area contributed by atoms with Crippen LogP contribution in [0.1, 0.15) is 43.0 Å². The Bertz CT molecular complexity index is 1380. The smallest absolute Gasteiger partial charge is 0.305 e. The van der Waals surface area contributed by atoms with Crippen LogP contribution in [0.2, 0.25) is 0 Å². The lowest BCUT2D eigenvalue weighted by molar-refractivity contribution is -0.138. The number of carboxylic acid groups (broad SMARTS) is 1. The number of benzene rings is 2. The van der Waals surface area contributed by atoms with Crippen molar-refractivity contribution in [3.8, 4) is 11.1 Å². The van der Waals surface area contributed by atoms with Gasteiger partial charge in [0.05, 0.1) is 18.8 Å². The molecular formula is C31H34N6O4. The molecule has 0 radical (unpaired) electrons. The van der Waals surface area contributed by atoms with Crippen LogP contribution in [0.4, 0.5) is 5.82 Å². The van der Waals surface area contributed by atoms with Gasteiger partial charge in [0.25, 0.3) is 0 Å². The highest BCUT2D eigenvalue weighted by molar-refractivity contribution is 5.88. The molecule has 2 heterocycles. The first-order valence-corrected chi connectivity index (χ1v) is 13.6. The normalized spacial score (nSPS) is 12.2. The van der Waals surface area contributed by atoms with E-state index in [9.17, 15) is 19.5 Å². The molecule has 212 valence electrons. The van der Waals surface area contributed by atoms with Crippen molar-refractivity contribution < 1.29 is 19.5 Å². The van der Waals surface area contributed by atoms with E-state index in [1.165, 1.54) is 6.33 Å². The molecule has 2 atom stereocenters. The number of rotatable bonds is 15. The summed E-state index contributed by atoms with van der Waals surface area (Å²) < 4.78 is 0. The van der Waals surface area contributed by atoms with Crippen LogP contribution < -0.4 is 16.0 Å². The fraction of sp³-hybridized carbons (Fsp3) is 0.258. The third-order valence-corrected chi connectivity index (χ3v) is 6.55. The summed E-state index contributed by atoms with van der Waals surface area (Å²) in [5.41, 5.74) is 3.35. The van der Waals surface area contributed by atoms with Crippen molar-refractivity contribution >= 4 is 23.6 Å². The van der Waals surface area contributed by atoms with Gasteiger partial charge < -0.3 is 26.0 Å². The zero-order chi connectivity index (χ0) is 28.9. The van der Waals surface area contributed by atoms with E-state index in [2.05, 4.69) is 30.9 Å². The molecule has 5 N–H and O–H groups in total. The van der Waals surface area contributed by atoms with Crippen LogP contribution >= 0.6 is 0 Å². The predicted molar refractivity (Wildman–Crippen MR) is 156 cm³/mol. The second kappa shape index (κ2) is 15.0. The Morgan fingerprint density at radius 3 is 2.32 bits per heavy atom. The molecule has 0 saturated carbocycles. The number of anilines is 1. The van der Waals surface area contributed by atoms with E-state index in [4.69, 9.17) is 0 Å². The highest BCUT2D eigenvalue weighted by Crippen LogP contribution is 2.23. The quantitative estimate of drug-likeness (QED) is 0.139. The lowest BCUT2D eigenvalue weighted by atomic mass is 9.98. The number of carbonyl (C=O) groups excluding carboxylic acids is 2. The van der Waals surface area contributed by atoms with Crippen LogP contribution in [0.3, 0.4) is 0 Å². The minimum Gasteiger partial charge on any atom is -0.481 e. The Balaban J connectivity index is 1.37. The first-order valence-electron chi connectivity index (χ1n) is 13.6. The summed E-state index contributed by atoms with van der Waals surface area (Å²) in [6.45, 7) is 0.669. The SMILES string of the molecule is O=C(O)CC(NC(=O)[C@H](Cc1cnc[nH]1)NC(=O)CCCCNc1ccccn1)c1ccc(-c2ccccc2)cc1. The van der Waals surface area contributed by atoms with Crippen molar-refractivity contribution in [1.82, 2.24) is 25.6 Å². The molecule has 2 amide bonds. The first-order chi connectivity index (χ1) is 20.0. The lowest BCUT2D eigenvalue weighted by Gasteiger charge is -2.23. The van der Waals surface area contributed by atoms with Gasteiger partial charge in [-0.3, -0.25) is 14.4 Å². The maximum atomic E-state index is 13.4. The molecule has 0 aliphatic carbocycles. The predicted octanol–water partition coefficient (Wildman–Crippen LogP) is 4.11. The Morgan fingerprint density at radius 2 is 1.63 bits per heavy atom. The molecule has 10 nitrogen and oxygen atoms in total. The van der Waals surface area contributed by atoms with Crippen molar-refractivity contribution in [1.29, 1.82) is 0 Å². The number of carbonyl (C=O) groups is 3. The largest absolute Gasteiger partial charge is 0.481 e. The fourth-order valence-electron chi connectivity index (χ4n) is 4.42. The molecule has 0 aliphatic rings. The summed E-state index contributed by atoms with van der Waals surface area (Å²) in [7, 11) is 0. The van der Waals surface area contributed by atoms with Crippen molar-refractivity contribution in [2.45, 2.75) is 44.2 Å². The van der Waals surface area contributed by atoms with Crippen molar-refractivity contribution in [3.63, 3.8) is 0 Å². The number of aromatic nitrogens is 3. The number of aromatic amines is 1. The van der Waals surface area contributed by atoms with Gasteiger partial charge in [-0.2, -0.15) is 0 Å². The topological polar surface area (TPSA) is 149 Å². The minimum absolute atomic E-state index is 0.186. The number of unbranched alkanes of at least 4 members (excludes halogenated alkanes) is 1. The van der Waals surface area contributed by atoms with Gasteiger partial charge in [0.15, 0.2) is 0 Å². The lowest BCUT2D eigenvalue weighted by Crippen LogP contribution is -2.49. The zero-order valence-electron chi connectivity index (χ0n) is 22.6. The maximum Gasteiger partial charge on any atom is 0.305 e. The maximum absolute atomic E-state index is 13.4. The van der Waals surface area contributed by atoms with E-state index in [0.717, 1.165) is 23.4 Å². The summed E-state index contributed by atoms with van der Waals surface area (Å²) in [5, 5.41) is 18.4. The van der Waals surface area contributed by atoms with Gasteiger partial charge in [0, 0.05) is 37.5 Å². The number of hydrogen-bond donors (Lipinski definition) is 5. The van der Waals surface area contributed by atoms with E-state index < -0.39 is 24.0 Å². The Morgan fingerprint density at radius 1 is 0.878 bits per heavy atom. The average Bonchev–Trinajstić information content (AvgIpc) is 3.50. The number of carboxylic acids is 1. The number of nitrogens with one attached hydrogen (secondary N) is 4. The molecule has 4 aromatic rings. The molecule has 10 heteroatoms. The molecule has 41 heavy (non-hydrogen) atoms. The first kappa shape index (κ1) is 29.0. The molecule has 0 fully saturated rings. The van der Waals surface area contributed by atoms with Crippen LogP contribution in [0, 0.1) is 0 Å². The number of imidazole rings is 1. The van der Waals surface area contributed by atoms with Crippen molar-refractivity contribution in [3.05, 3.63) is 103 Å². The molecule has 4 rings (SSSR count). The number of hydrogen-bond acceptors (Lipinski definition) is 6. The van der Waals surface area contributed by atoms with Crippen molar-refractivity contribution in [2.24, 2.45) is 0 Å². The van der Waals surface area contributed by atoms with E-state index in [1.54, 1.807) is 12.4 Å². The van der Waals surface area contributed by atoms with Gasteiger partial charge in [-0.25, -0.2) is 9.97 Å². The molecule has 0 bridgehead atoms. The van der Waals surface area contributed by atoms with Crippen LogP contribution in [0.25, 0.3) is 11.1 Å². The minimum atomic E-state index is -1.05. The van der Waals surface area contributed by atoms with E-state index in [0.29, 0.717) is 24.2 Å². The van der Waals surface area contributed by atoms with Crippen LogP contribution in [-0.4, -0.2) is 50.4 Å². The molecule has 2 aromatic heterocycles. The molecule has 0 aliphatic heterocycles. The summed E-state index contributed by atoms with van der Waals surface area (Å²) in [4.78, 5) is 49.0. The van der Waals surface area contributed by atoms with Gasteiger partial charge in [0.2, 0.25) is 11.8 Å². The van der Waals surface area contributed by atoms with Crippen molar-refractivity contribution in [2.75, 3.05) is 11.9 Å². The van der Waals surface area contributed by atoms with Gasteiger partial charge >= 0.3 is 5.97 Å². The average molecular weight is 555 g/mol. The molecule has 2 aromatic carbocycles. The number of nitrogens with zero attached hydrogens (tertiary/aromatic N) is 2. The molecule has 0 saturated heterocycles. The van der Waals surface area contributed by atoms with Gasteiger partial charge in [0.1, 0.15) is 11.9 Å². The summed E-state index contributed by atoms with van der Waals surface area (Å²) >= 11 is 0. The standard InChI is InChI=1S/C31H34N6O4/c38-29(11-5-7-17-34-28-10-4-6-16-33-28)36-27(18-25-20-32-21-35-25)31(41)37-26(19-30(39)40)24-14-12-23(13-15-24)22-8-2-1-3-9-22/h1-4,6,8-10,12-16,20-21,26-27H,5,7,11,17-19H2,(H,32,35)(H,33,34)(H,36,38)(H,37,41)(H,39,40)/t26?,27-/m0/s1. The number of aliphatic carboxylic acids is 1. The highest BCUT2D eigenvalue weighted by Gasteiger charge is 2.26. The van der Waals surface area contributed by atoms with Crippen LogP contribution in [-0.2, 0) is 20.8 Å².